The maximum atomic E-state index is 6.04. The van der Waals surface area contributed by atoms with E-state index in [1.54, 1.807) is 0 Å². The number of piperazine rings is 1. The zero-order chi connectivity index (χ0) is 29.4. The lowest BCUT2D eigenvalue weighted by molar-refractivity contribution is 0.157. The van der Waals surface area contributed by atoms with E-state index < -0.39 is 0 Å². The smallest absolute Gasteiger partial charge is 0.166 e. The second kappa shape index (κ2) is 13.6. The molecular weight excluding hydrogens is 532 g/mol. The van der Waals surface area contributed by atoms with E-state index in [0.717, 1.165) is 67.8 Å². The lowest BCUT2D eigenvalue weighted by Gasteiger charge is -2.37. The second-order valence-corrected chi connectivity index (χ2v) is 11.2. The first-order valence-electron chi connectivity index (χ1n) is 15.1. The number of anilines is 2. The van der Waals surface area contributed by atoms with E-state index in [1.165, 1.54) is 16.7 Å². The van der Waals surface area contributed by atoms with E-state index in [4.69, 9.17) is 9.84 Å². The molecule has 6 rings (SSSR count). The van der Waals surface area contributed by atoms with E-state index in [9.17, 15) is 0 Å². The van der Waals surface area contributed by atoms with Gasteiger partial charge in [0.2, 0.25) is 0 Å². The molecule has 2 heterocycles. The summed E-state index contributed by atoms with van der Waals surface area (Å²) in [6.45, 7) is 10.7. The fraction of sp³-hybridized carbons (Fsp3) is 0.250. The van der Waals surface area contributed by atoms with Crippen molar-refractivity contribution >= 4 is 23.3 Å². The first-order chi connectivity index (χ1) is 21.1. The molecule has 0 unspecified atom stereocenters. The Balaban J connectivity index is 1.11. The van der Waals surface area contributed by atoms with Gasteiger partial charge < -0.3 is 4.74 Å². The Morgan fingerprint density at radius 1 is 0.744 bits per heavy atom. The van der Waals surface area contributed by atoms with Crippen LogP contribution < -0.4 is 20.4 Å². The van der Waals surface area contributed by atoms with Gasteiger partial charge in [-0.15, -0.1) is 5.10 Å². The number of hydrazine groups is 2. The number of aryl methyl sites for hydroxylation is 2. The maximum absolute atomic E-state index is 6.04. The van der Waals surface area contributed by atoms with Gasteiger partial charge in [-0.2, -0.15) is 10.7 Å². The highest BCUT2D eigenvalue weighted by molar-refractivity contribution is 6.03. The Morgan fingerprint density at radius 3 is 2.09 bits per heavy atom. The standard InChI is InChI=1S/C36H40N6O/c1-29-11-9-12-30(2)36(29)41-35(27-40-25-23-39(24-26-40)22-10-17-31-13-5-3-6-14-31)37-38-42(41)33-18-20-34(21-19-33)43-28-32-15-7-4-8-16-32/h3-21,38H,22-28H2,1-2H3. The minimum Gasteiger partial charge on any atom is -0.489 e. The van der Waals surface area contributed by atoms with Crippen LogP contribution in [-0.2, 0) is 6.61 Å². The summed E-state index contributed by atoms with van der Waals surface area (Å²) in [5, 5.41) is 9.12. The average molecular weight is 573 g/mol. The first kappa shape index (κ1) is 28.5. The number of hydrazone groups is 1. The number of amidine groups is 1. The summed E-state index contributed by atoms with van der Waals surface area (Å²) in [4.78, 5) is 5.02. The number of benzene rings is 4. The van der Waals surface area contributed by atoms with Crippen molar-refractivity contribution in [1.29, 1.82) is 0 Å². The van der Waals surface area contributed by atoms with Crippen LogP contribution in [0.4, 0.5) is 11.4 Å². The molecular formula is C36H40N6O. The molecule has 0 bridgehead atoms. The van der Waals surface area contributed by atoms with Gasteiger partial charge in [0.1, 0.15) is 12.4 Å². The molecule has 1 N–H and O–H groups in total. The molecule has 1 fully saturated rings. The second-order valence-electron chi connectivity index (χ2n) is 11.2. The molecule has 0 spiro atoms. The molecule has 4 aromatic carbocycles. The predicted octanol–water partition coefficient (Wildman–Crippen LogP) is 6.27. The van der Waals surface area contributed by atoms with Crippen molar-refractivity contribution in [2.24, 2.45) is 5.10 Å². The third-order valence-electron chi connectivity index (χ3n) is 8.00. The van der Waals surface area contributed by atoms with E-state index in [1.807, 2.05) is 35.4 Å². The SMILES string of the molecule is Cc1cccc(C)c1N1C(CN2CCN(CC=Cc3ccccc3)CC2)=NNN1c1ccc(OCc2ccccc2)cc1. The van der Waals surface area contributed by atoms with Crippen LogP contribution in [-0.4, -0.2) is 54.9 Å². The average Bonchev–Trinajstić information content (AvgIpc) is 3.45. The predicted molar refractivity (Wildman–Crippen MR) is 177 cm³/mol. The molecule has 2 aliphatic heterocycles. The first-order valence-corrected chi connectivity index (χ1v) is 15.1. The Labute approximate surface area is 255 Å². The summed E-state index contributed by atoms with van der Waals surface area (Å²) >= 11 is 0. The van der Waals surface area contributed by atoms with E-state index >= 15 is 0 Å². The molecule has 0 atom stereocenters. The number of para-hydroxylation sites is 1. The van der Waals surface area contributed by atoms with Gasteiger partial charge in [-0.25, -0.2) is 5.01 Å². The molecule has 0 saturated carbocycles. The molecule has 2 aliphatic rings. The van der Waals surface area contributed by atoms with Crippen molar-refractivity contribution in [1.82, 2.24) is 15.3 Å². The van der Waals surface area contributed by atoms with E-state index in [0.29, 0.717) is 6.61 Å². The van der Waals surface area contributed by atoms with Crippen LogP contribution in [0.5, 0.6) is 5.75 Å². The van der Waals surface area contributed by atoms with Gasteiger partial charge in [-0.1, -0.05) is 91.0 Å². The van der Waals surface area contributed by atoms with Crippen molar-refractivity contribution < 1.29 is 4.74 Å². The summed E-state index contributed by atoms with van der Waals surface area (Å²) in [7, 11) is 0. The zero-order valence-corrected chi connectivity index (χ0v) is 25.1. The fourth-order valence-electron chi connectivity index (χ4n) is 5.61. The van der Waals surface area contributed by atoms with E-state index in [-0.39, 0.29) is 0 Å². The molecule has 1 saturated heterocycles. The van der Waals surface area contributed by atoms with Crippen LogP contribution in [0.25, 0.3) is 6.08 Å². The van der Waals surface area contributed by atoms with Gasteiger partial charge in [0.05, 0.1) is 17.9 Å². The van der Waals surface area contributed by atoms with Crippen LogP contribution in [0, 0.1) is 13.8 Å². The topological polar surface area (TPSA) is 46.6 Å². The minimum absolute atomic E-state index is 0.542. The van der Waals surface area contributed by atoms with Crippen molar-refractivity contribution in [3.63, 3.8) is 0 Å². The van der Waals surface area contributed by atoms with Crippen molar-refractivity contribution in [3.8, 4) is 5.75 Å². The quantitative estimate of drug-likeness (QED) is 0.242. The Kier molecular flexibility index (Phi) is 9.02. The molecule has 0 amide bonds. The van der Waals surface area contributed by atoms with Gasteiger partial charge in [0.25, 0.3) is 0 Å². The number of nitrogens with one attached hydrogen (secondary N) is 1. The van der Waals surface area contributed by atoms with Crippen LogP contribution in [0.2, 0.25) is 0 Å². The highest BCUT2D eigenvalue weighted by Crippen LogP contribution is 2.31. The van der Waals surface area contributed by atoms with Crippen LogP contribution >= 0.6 is 0 Å². The van der Waals surface area contributed by atoms with Crippen molar-refractivity contribution in [2.75, 3.05) is 49.4 Å². The normalized spacial score (nSPS) is 16.0. The van der Waals surface area contributed by atoms with Crippen LogP contribution in [0.1, 0.15) is 22.3 Å². The molecule has 220 valence electrons. The number of rotatable bonds is 10. The fourth-order valence-corrected chi connectivity index (χ4v) is 5.61. The number of ether oxygens (including phenoxy) is 1. The number of nitrogens with zero attached hydrogens (tertiary/aromatic N) is 5. The van der Waals surface area contributed by atoms with Crippen molar-refractivity contribution in [2.45, 2.75) is 20.5 Å². The van der Waals surface area contributed by atoms with Gasteiger partial charge in [-0.05, 0) is 60.4 Å². The number of hydrogen-bond donors (Lipinski definition) is 1. The van der Waals surface area contributed by atoms with Gasteiger partial charge in [0, 0.05) is 32.7 Å². The van der Waals surface area contributed by atoms with Gasteiger partial charge in [0.15, 0.2) is 5.84 Å². The minimum atomic E-state index is 0.542. The molecule has 0 aliphatic carbocycles. The molecule has 0 radical (unpaired) electrons. The van der Waals surface area contributed by atoms with E-state index in [2.05, 4.69) is 119 Å². The molecule has 0 aromatic heterocycles. The highest BCUT2D eigenvalue weighted by atomic mass is 16.5. The Bertz CT molecular complexity index is 1510. The summed E-state index contributed by atoms with van der Waals surface area (Å²) in [6.07, 6.45) is 4.48. The van der Waals surface area contributed by atoms with Gasteiger partial charge in [-0.3, -0.25) is 9.80 Å². The Morgan fingerprint density at radius 2 is 1.40 bits per heavy atom. The third kappa shape index (κ3) is 7.08. The zero-order valence-electron chi connectivity index (χ0n) is 25.1. The third-order valence-corrected chi connectivity index (χ3v) is 8.00. The van der Waals surface area contributed by atoms with Crippen molar-refractivity contribution in [3.05, 3.63) is 131 Å². The maximum Gasteiger partial charge on any atom is 0.166 e. The van der Waals surface area contributed by atoms with Gasteiger partial charge >= 0.3 is 0 Å². The van der Waals surface area contributed by atoms with Crippen LogP contribution in [0.3, 0.4) is 0 Å². The largest absolute Gasteiger partial charge is 0.489 e. The lowest BCUT2D eigenvalue weighted by atomic mass is 10.1. The summed E-state index contributed by atoms with van der Waals surface area (Å²) in [5.74, 6) is 1.82. The summed E-state index contributed by atoms with van der Waals surface area (Å²) in [6, 6.07) is 35.4. The number of hydrogen-bond acceptors (Lipinski definition) is 7. The summed E-state index contributed by atoms with van der Waals surface area (Å²) in [5.41, 5.74) is 10.3. The monoisotopic (exact) mass is 572 g/mol. The molecule has 7 heteroatoms. The Hall–Kier alpha value is -4.59. The summed E-state index contributed by atoms with van der Waals surface area (Å²) < 4.78 is 6.04. The highest BCUT2D eigenvalue weighted by Gasteiger charge is 2.32. The molecule has 7 nitrogen and oxygen atoms in total. The molecule has 43 heavy (non-hydrogen) atoms. The molecule has 4 aromatic rings. The van der Waals surface area contributed by atoms with Crippen LogP contribution in [0.15, 0.2) is 114 Å². The lowest BCUT2D eigenvalue weighted by Crippen LogP contribution is -2.52.